The molecule has 0 radical (unpaired) electrons. The van der Waals surface area contributed by atoms with Crippen LogP contribution in [-0.4, -0.2) is 23.4 Å². The van der Waals surface area contributed by atoms with Crippen molar-refractivity contribution in [1.29, 1.82) is 0 Å². The maximum atomic E-state index is 9.00. The van der Waals surface area contributed by atoms with E-state index in [-0.39, 0.29) is 13.2 Å². The third-order valence-corrected chi connectivity index (χ3v) is 4.68. The number of aliphatic hydroxyl groups excluding tert-OH is 2. The Morgan fingerprint density at radius 2 is 1.10 bits per heavy atom. The lowest BCUT2D eigenvalue weighted by Crippen LogP contribution is -1.94. The molecule has 0 unspecified atom stereocenters. The van der Waals surface area contributed by atoms with Crippen molar-refractivity contribution in [3.8, 4) is 11.1 Å². The van der Waals surface area contributed by atoms with Crippen molar-refractivity contribution in [3.05, 3.63) is 56.5 Å². The van der Waals surface area contributed by atoms with E-state index in [1.165, 1.54) is 0 Å². The van der Waals surface area contributed by atoms with Crippen LogP contribution in [0.2, 0.25) is 0 Å². The lowest BCUT2D eigenvalue weighted by atomic mass is 10.0. The highest BCUT2D eigenvalue weighted by Gasteiger charge is 2.06. The summed E-state index contributed by atoms with van der Waals surface area (Å²) in [4.78, 5) is 0. The SMILES string of the molecule is OCCc1ccc(-c2ccc(CCO)c(Br)c2)cc1Br. The van der Waals surface area contributed by atoms with E-state index in [1.807, 2.05) is 12.1 Å². The van der Waals surface area contributed by atoms with Crippen molar-refractivity contribution in [2.24, 2.45) is 0 Å². The van der Waals surface area contributed by atoms with Crippen LogP contribution in [0.5, 0.6) is 0 Å². The second kappa shape index (κ2) is 7.36. The Morgan fingerprint density at radius 3 is 1.40 bits per heavy atom. The normalized spacial score (nSPS) is 10.8. The van der Waals surface area contributed by atoms with Crippen molar-refractivity contribution in [2.45, 2.75) is 12.8 Å². The number of benzene rings is 2. The summed E-state index contributed by atoms with van der Waals surface area (Å²) in [5, 5.41) is 18.0. The molecule has 0 spiro atoms. The number of rotatable bonds is 5. The molecule has 20 heavy (non-hydrogen) atoms. The second-order valence-electron chi connectivity index (χ2n) is 4.56. The van der Waals surface area contributed by atoms with Crippen LogP contribution < -0.4 is 0 Å². The van der Waals surface area contributed by atoms with Gasteiger partial charge in [-0.25, -0.2) is 0 Å². The first-order chi connectivity index (χ1) is 9.65. The standard InChI is InChI=1S/C16H16Br2O2/c17-15-9-13(3-1-11(15)5-7-19)14-4-2-12(6-8-20)16(18)10-14/h1-4,9-10,19-20H,5-8H2. The second-order valence-corrected chi connectivity index (χ2v) is 6.27. The maximum Gasteiger partial charge on any atom is 0.0471 e. The lowest BCUT2D eigenvalue weighted by Gasteiger charge is -2.09. The molecule has 2 aromatic rings. The smallest absolute Gasteiger partial charge is 0.0471 e. The van der Waals surface area contributed by atoms with Gasteiger partial charge in [-0.15, -0.1) is 0 Å². The summed E-state index contributed by atoms with van der Waals surface area (Å²) in [7, 11) is 0. The van der Waals surface area contributed by atoms with Crippen LogP contribution in [0.25, 0.3) is 11.1 Å². The van der Waals surface area contributed by atoms with Crippen molar-refractivity contribution in [1.82, 2.24) is 0 Å². The largest absolute Gasteiger partial charge is 0.396 e. The monoisotopic (exact) mass is 398 g/mol. The fraction of sp³-hybridized carbons (Fsp3) is 0.250. The number of aliphatic hydroxyl groups is 2. The molecular weight excluding hydrogens is 384 g/mol. The number of hydrogen-bond acceptors (Lipinski definition) is 2. The van der Waals surface area contributed by atoms with Gasteiger partial charge in [-0.1, -0.05) is 56.1 Å². The van der Waals surface area contributed by atoms with E-state index in [9.17, 15) is 0 Å². The fourth-order valence-corrected chi connectivity index (χ4v) is 3.25. The van der Waals surface area contributed by atoms with Crippen molar-refractivity contribution in [3.63, 3.8) is 0 Å². The lowest BCUT2D eigenvalue weighted by molar-refractivity contribution is 0.299. The first-order valence-electron chi connectivity index (χ1n) is 6.44. The molecule has 0 aliphatic carbocycles. The molecule has 2 N–H and O–H groups in total. The van der Waals surface area contributed by atoms with E-state index in [2.05, 4.69) is 56.1 Å². The highest BCUT2D eigenvalue weighted by Crippen LogP contribution is 2.29. The van der Waals surface area contributed by atoms with Crippen LogP contribution in [0.1, 0.15) is 11.1 Å². The molecule has 0 aliphatic rings. The van der Waals surface area contributed by atoms with Gasteiger partial charge in [-0.2, -0.15) is 0 Å². The zero-order valence-corrected chi connectivity index (χ0v) is 14.1. The Labute approximate surface area is 135 Å². The van der Waals surface area contributed by atoms with E-state index in [4.69, 9.17) is 10.2 Å². The molecule has 0 saturated heterocycles. The minimum atomic E-state index is 0.152. The number of halogens is 2. The number of hydrogen-bond donors (Lipinski definition) is 2. The molecule has 106 valence electrons. The van der Waals surface area contributed by atoms with Crippen molar-refractivity contribution < 1.29 is 10.2 Å². The molecule has 0 aliphatic heterocycles. The minimum absolute atomic E-state index is 0.152. The topological polar surface area (TPSA) is 40.5 Å². The average molecular weight is 400 g/mol. The molecular formula is C16H16Br2O2. The van der Waals surface area contributed by atoms with Gasteiger partial charge in [0.1, 0.15) is 0 Å². The summed E-state index contributed by atoms with van der Waals surface area (Å²) in [5.74, 6) is 0. The first-order valence-corrected chi connectivity index (χ1v) is 8.03. The average Bonchev–Trinajstić information content (AvgIpc) is 2.44. The van der Waals surface area contributed by atoms with Crippen LogP contribution in [0, 0.1) is 0 Å². The highest BCUT2D eigenvalue weighted by molar-refractivity contribution is 9.10. The molecule has 2 rings (SSSR count). The maximum absolute atomic E-state index is 9.00. The molecule has 0 bridgehead atoms. The summed E-state index contributed by atoms with van der Waals surface area (Å²) in [5.41, 5.74) is 4.45. The predicted octanol–water partition coefficient (Wildman–Crippen LogP) is 3.95. The van der Waals surface area contributed by atoms with Gasteiger partial charge in [0.25, 0.3) is 0 Å². The third kappa shape index (κ3) is 3.70. The van der Waals surface area contributed by atoms with Crippen LogP contribution in [0.15, 0.2) is 45.3 Å². The fourth-order valence-electron chi connectivity index (χ4n) is 2.10. The zero-order valence-electron chi connectivity index (χ0n) is 10.9. The van der Waals surface area contributed by atoms with E-state index < -0.39 is 0 Å². The van der Waals surface area contributed by atoms with Gasteiger partial charge in [0.05, 0.1) is 0 Å². The summed E-state index contributed by atoms with van der Waals surface area (Å²) in [6, 6.07) is 12.3. The molecule has 0 saturated carbocycles. The predicted molar refractivity (Wildman–Crippen MR) is 88.9 cm³/mol. The van der Waals surface area contributed by atoms with Crippen LogP contribution in [-0.2, 0) is 12.8 Å². The molecule has 2 aromatic carbocycles. The minimum Gasteiger partial charge on any atom is -0.396 e. The molecule has 0 atom stereocenters. The Kier molecular flexibility index (Phi) is 5.78. The van der Waals surface area contributed by atoms with E-state index in [1.54, 1.807) is 0 Å². The first kappa shape index (κ1) is 15.7. The van der Waals surface area contributed by atoms with Crippen molar-refractivity contribution in [2.75, 3.05) is 13.2 Å². The van der Waals surface area contributed by atoms with Gasteiger partial charge in [-0.05, 0) is 47.2 Å². The Morgan fingerprint density at radius 1 is 0.700 bits per heavy atom. The Bertz CT molecular complexity index is 544. The summed E-state index contributed by atoms with van der Waals surface area (Å²) in [6.07, 6.45) is 1.31. The Balaban J connectivity index is 2.32. The van der Waals surface area contributed by atoms with Gasteiger partial charge >= 0.3 is 0 Å². The summed E-state index contributed by atoms with van der Waals surface area (Å²) in [6.45, 7) is 0.304. The third-order valence-electron chi connectivity index (χ3n) is 3.20. The summed E-state index contributed by atoms with van der Waals surface area (Å²) < 4.78 is 2.03. The molecule has 0 amide bonds. The van der Waals surface area contributed by atoms with Crippen LogP contribution in [0.3, 0.4) is 0 Å². The molecule has 2 nitrogen and oxygen atoms in total. The van der Waals surface area contributed by atoms with Gasteiger partial charge < -0.3 is 10.2 Å². The van der Waals surface area contributed by atoms with Crippen LogP contribution in [0.4, 0.5) is 0 Å². The van der Waals surface area contributed by atoms with E-state index in [0.717, 1.165) is 31.2 Å². The molecule has 0 aromatic heterocycles. The van der Waals surface area contributed by atoms with Gasteiger partial charge in [-0.3, -0.25) is 0 Å². The van der Waals surface area contributed by atoms with Gasteiger partial charge in [0.15, 0.2) is 0 Å². The quantitative estimate of drug-likeness (QED) is 0.799. The molecule has 0 heterocycles. The molecule has 0 fully saturated rings. The van der Waals surface area contributed by atoms with Crippen LogP contribution >= 0.6 is 31.9 Å². The van der Waals surface area contributed by atoms with E-state index in [0.29, 0.717) is 12.8 Å². The van der Waals surface area contributed by atoms with E-state index >= 15 is 0 Å². The Hall–Kier alpha value is -0.680. The highest BCUT2D eigenvalue weighted by atomic mass is 79.9. The van der Waals surface area contributed by atoms with Gasteiger partial charge in [0.2, 0.25) is 0 Å². The van der Waals surface area contributed by atoms with Gasteiger partial charge in [0, 0.05) is 22.2 Å². The molecule has 4 heteroatoms. The van der Waals surface area contributed by atoms with Crippen molar-refractivity contribution >= 4 is 31.9 Å². The summed E-state index contributed by atoms with van der Waals surface area (Å²) >= 11 is 7.09. The zero-order chi connectivity index (χ0) is 14.5.